The number of aromatic nitrogens is 1. The highest BCUT2D eigenvalue weighted by Gasteiger charge is 2.37. The summed E-state index contributed by atoms with van der Waals surface area (Å²) in [6.07, 6.45) is 0. The molecule has 2 heterocycles. The fourth-order valence-corrected chi connectivity index (χ4v) is 9.37. The molecule has 48 heavy (non-hydrogen) atoms. The number of thiophene rings is 1. The van der Waals surface area contributed by atoms with Gasteiger partial charge in [0.1, 0.15) is 0 Å². The van der Waals surface area contributed by atoms with Gasteiger partial charge in [-0.2, -0.15) is 0 Å². The van der Waals surface area contributed by atoms with Crippen LogP contribution in [0.1, 0.15) is 25.0 Å². The molecule has 0 radical (unpaired) electrons. The maximum atomic E-state index is 2.44. The molecule has 0 saturated heterocycles. The van der Waals surface area contributed by atoms with E-state index < -0.39 is 0 Å². The second-order valence-corrected chi connectivity index (χ2v) is 14.4. The zero-order chi connectivity index (χ0) is 32.0. The van der Waals surface area contributed by atoms with Gasteiger partial charge in [-0.3, -0.25) is 0 Å². The van der Waals surface area contributed by atoms with Crippen LogP contribution in [0.4, 0.5) is 17.1 Å². The average molecular weight is 633 g/mol. The van der Waals surface area contributed by atoms with E-state index in [2.05, 4.69) is 181 Å². The summed E-state index contributed by atoms with van der Waals surface area (Å²) in [7, 11) is 0. The van der Waals surface area contributed by atoms with Crippen molar-refractivity contribution >= 4 is 70.4 Å². The van der Waals surface area contributed by atoms with Gasteiger partial charge in [-0.25, -0.2) is 0 Å². The van der Waals surface area contributed by atoms with Gasteiger partial charge in [-0.05, 0) is 83.4 Å². The first kappa shape index (κ1) is 27.5. The lowest BCUT2D eigenvalue weighted by Gasteiger charge is -2.28. The van der Waals surface area contributed by atoms with Gasteiger partial charge in [0.2, 0.25) is 0 Å². The molecule has 1 aliphatic carbocycles. The number of para-hydroxylation sites is 3. The Morgan fingerprint density at radius 1 is 0.500 bits per heavy atom. The largest absolute Gasteiger partial charge is 0.310 e. The molecule has 0 unspecified atom stereocenters. The Bertz CT molecular complexity index is 2700. The van der Waals surface area contributed by atoms with Gasteiger partial charge in [0.15, 0.2) is 0 Å². The Labute approximate surface area is 283 Å². The van der Waals surface area contributed by atoms with Crippen LogP contribution in [0.5, 0.6) is 0 Å². The Balaban J connectivity index is 1.18. The van der Waals surface area contributed by atoms with Crippen molar-refractivity contribution < 1.29 is 0 Å². The van der Waals surface area contributed by atoms with Gasteiger partial charge >= 0.3 is 0 Å². The average Bonchev–Trinajstić information content (AvgIpc) is 3.75. The summed E-state index contributed by atoms with van der Waals surface area (Å²) < 4.78 is 5.13. The van der Waals surface area contributed by atoms with Crippen LogP contribution in [0, 0.1) is 0 Å². The summed E-state index contributed by atoms with van der Waals surface area (Å²) in [4.78, 5) is 2.42. The van der Waals surface area contributed by atoms with Crippen molar-refractivity contribution in [3.05, 3.63) is 169 Å². The van der Waals surface area contributed by atoms with E-state index >= 15 is 0 Å². The lowest BCUT2D eigenvalue weighted by molar-refractivity contribution is 0.661. The molecule has 0 spiro atoms. The molecule has 9 aromatic rings. The van der Waals surface area contributed by atoms with Crippen molar-refractivity contribution in [1.29, 1.82) is 0 Å². The Morgan fingerprint density at radius 3 is 2.00 bits per heavy atom. The van der Waals surface area contributed by atoms with Crippen LogP contribution >= 0.6 is 11.3 Å². The Kier molecular flexibility index (Phi) is 5.82. The van der Waals surface area contributed by atoms with Gasteiger partial charge in [-0.1, -0.05) is 105 Å². The van der Waals surface area contributed by atoms with Crippen LogP contribution in [0.2, 0.25) is 0 Å². The summed E-state index contributed by atoms with van der Waals surface area (Å²) in [5.41, 5.74) is 12.5. The van der Waals surface area contributed by atoms with Crippen molar-refractivity contribution in [3.63, 3.8) is 0 Å². The predicted molar refractivity (Wildman–Crippen MR) is 206 cm³/mol. The number of rotatable bonds is 4. The van der Waals surface area contributed by atoms with E-state index in [-0.39, 0.29) is 5.41 Å². The predicted octanol–water partition coefficient (Wildman–Crippen LogP) is 12.9. The normalized spacial score (nSPS) is 13.4. The van der Waals surface area contributed by atoms with E-state index in [0.29, 0.717) is 0 Å². The molecular formula is C45H32N2S. The molecule has 7 aromatic carbocycles. The third kappa shape index (κ3) is 3.85. The quantitative estimate of drug-likeness (QED) is 0.187. The zero-order valence-electron chi connectivity index (χ0n) is 26.8. The summed E-state index contributed by atoms with van der Waals surface area (Å²) in [6, 6.07) is 57.8. The van der Waals surface area contributed by atoms with E-state index in [0.717, 1.165) is 11.4 Å². The molecule has 3 heteroatoms. The molecule has 0 atom stereocenters. The number of anilines is 3. The van der Waals surface area contributed by atoms with Gasteiger partial charge in [0, 0.05) is 64.7 Å². The van der Waals surface area contributed by atoms with Crippen LogP contribution in [0.15, 0.2) is 158 Å². The van der Waals surface area contributed by atoms with Gasteiger partial charge in [0.25, 0.3) is 0 Å². The van der Waals surface area contributed by atoms with Crippen LogP contribution in [-0.2, 0) is 5.41 Å². The highest BCUT2D eigenvalue weighted by molar-refractivity contribution is 7.26. The molecule has 1 aliphatic rings. The Hall–Kier alpha value is -5.64. The second-order valence-electron chi connectivity index (χ2n) is 13.4. The summed E-state index contributed by atoms with van der Waals surface area (Å²) in [5.74, 6) is 0. The van der Waals surface area contributed by atoms with Crippen molar-refractivity contribution in [2.45, 2.75) is 19.3 Å². The van der Waals surface area contributed by atoms with Crippen molar-refractivity contribution in [2.75, 3.05) is 4.90 Å². The molecule has 0 saturated carbocycles. The van der Waals surface area contributed by atoms with Gasteiger partial charge in [-0.15, -0.1) is 11.3 Å². The molecule has 0 aliphatic heterocycles. The molecular weight excluding hydrogens is 601 g/mol. The third-order valence-corrected chi connectivity index (χ3v) is 11.6. The lowest BCUT2D eigenvalue weighted by atomic mass is 9.82. The minimum atomic E-state index is -0.125. The second kappa shape index (κ2) is 10.2. The molecule has 228 valence electrons. The molecule has 0 fully saturated rings. The summed E-state index contributed by atoms with van der Waals surface area (Å²) >= 11 is 1.93. The number of benzene rings is 7. The topological polar surface area (TPSA) is 8.17 Å². The van der Waals surface area contributed by atoms with Crippen LogP contribution in [-0.4, -0.2) is 4.57 Å². The first-order valence-corrected chi connectivity index (χ1v) is 17.4. The fourth-order valence-electron chi connectivity index (χ4n) is 8.11. The van der Waals surface area contributed by atoms with Gasteiger partial charge < -0.3 is 9.47 Å². The van der Waals surface area contributed by atoms with Crippen molar-refractivity contribution in [3.8, 4) is 16.8 Å². The summed E-state index contributed by atoms with van der Waals surface area (Å²) in [6.45, 7) is 4.77. The van der Waals surface area contributed by atoms with Crippen molar-refractivity contribution in [1.82, 2.24) is 4.57 Å². The first-order chi connectivity index (χ1) is 23.6. The van der Waals surface area contributed by atoms with E-state index in [1.54, 1.807) is 0 Å². The lowest BCUT2D eigenvalue weighted by Crippen LogP contribution is -2.16. The molecule has 2 nitrogen and oxygen atoms in total. The summed E-state index contributed by atoms with van der Waals surface area (Å²) in [5, 5.41) is 5.21. The van der Waals surface area contributed by atoms with E-state index in [1.165, 1.54) is 75.6 Å². The zero-order valence-corrected chi connectivity index (χ0v) is 27.6. The Morgan fingerprint density at radius 2 is 1.17 bits per heavy atom. The number of nitrogens with zero attached hydrogens (tertiary/aromatic N) is 2. The highest BCUT2D eigenvalue weighted by Crippen LogP contribution is 2.55. The van der Waals surface area contributed by atoms with E-state index in [9.17, 15) is 0 Å². The number of fused-ring (bicyclic) bond motifs is 10. The SMILES string of the molecule is CC1(C)c2cc(N(c3ccccc3)c3ccc4c(c3)c3ccccc3n4-c3ccccc3)ccc2-c2c1ccc1c2sc2ccccc21. The molecule has 0 bridgehead atoms. The molecule has 2 aromatic heterocycles. The minimum absolute atomic E-state index is 0.125. The maximum absolute atomic E-state index is 2.44. The minimum Gasteiger partial charge on any atom is -0.310 e. The third-order valence-electron chi connectivity index (χ3n) is 10.4. The fraction of sp³-hybridized carbons (Fsp3) is 0.0667. The monoisotopic (exact) mass is 632 g/mol. The van der Waals surface area contributed by atoms with Gasteiger partial charge in [0.05, 0.1) is 11.0 Å². The highest BCUT2D eigenvalue weighted by atomic mass is 32.1. The molecule has 0 amide bonds. The van der Waals surface area contributed by atoms with Crippen molar-refractivity contribution in [2.24, 2.45) is 0 Å². The van der Waals surface area contributed by atoms with Crippen LogP contribution < -0.4 is 4.90 Å². The first-order valence-electron chi connectivity index (χ1n) is 16.6. The smallest absolute Gasteiger partial charge is 0.0542 e. The maximum Gasteiger partial charge on any atom is 0.0542 e. The number of hydrogen-bond donors (Lipinski definition) is 0. The van der Waals surface area contributed by atoms with E-state index in [1.807, 2.05) is 11.3 Å². The van der Waals surface area contributed by atoms with Crippen LogP contribution in [0.25, 0.3) is 58.8 Å². The number of hydrogen-bond acceptors (Lipinski definition) is 2. The molecule has 0 N–H and O–H groups in total. The molecule has 10 rings (SSSR count). The standard InChI is InChI=1S/C45H32N2S/c1-45(2)38-25-24-35-34-18-10-12-20-42(34)48-44(35)43(38)36-23-21-32(28-39(36)45)46(29-13-5-3-6-14-29)31-22-26-41-37(27-31)33-17-9-11-19-40(33)47(41)30-15-7-4-8-16-30/h3-28H,1-2H3. The van der Waals surface area contributed by atoms with E-state index in [4.69, 9.17) is 0 Å². The van der Waals surface area contributed by atoms with Crippen LogP contribution in [0.3, 0.4) is 0 Å².